The van der Waals surface area contributed by atoms with E-state index in [1.54, 1.807) is 55.6 Å². The van der Waals surface area contributed by atoms with Gasteiger partial charge in [-0.25, -0.2) is 0 Å². The van der Waals surface area contributed by atoms with Gasteiger partial charge in [0.2, 0.25) is 0 Å². The lowest BCUT2D eigenvalue weighted by Gasteiger charge is -2.13. The lowest BCUT2D eigenvalue weighted by Crippen LogP contribution is -2.34. The van der Waals surface area contributed by atoms with Gasteiger partial charge in [-0.2, -0.15) is 0 Å². The van der Waals surface area contributed by atoms with Crippen LogP contribution in [0.2, 0.25) is 0 Å². The van der Waals surface area contributed by atoms with Crippen LogP contribution >= 0.6 is 12.2 Å². The predicted molar refractivity (Wildman–Crippen MR) is 110 cm³/mol. The normalized spacial score (nSPS) is 10.0. The van der Waals surface area contributed by atoms with Crippen molar-refractivity contribution in [1.29, 1.82) is 0 Å². The molecule has 0 aliphatic heterocycles. The van der Waals surface area contributed by atoms with E-state index in [0.29, 0.717) is 23.4 Å². The Morgan fingerprint density at radius 1 is 1.04 bits per heavy atom. The largest absolute Gasteiger partial charge is 0.494 e. The summed E-state index contributed by atoms with van der Waals surface area (Å²) in [5.74, 6) is 0.135. The molecule has 0 spiro atoms. The summed E-state index contributed by atoms with van der Waals surface area (Å²) in [6.07, 6.45) is 2.05. The van der Waals surface area contributed by atoms with Crippen molar-refractivity contribution in [3.05, 3.63) is 59.7 Å². The van der Waals surface area contributed by atoms with Gasteiger partial charge in [-0.1, -0.05) is 25.5 Å². The molecule has 0 aromatic heterocycles. The number of hydrogen-bond acceptors (Lipinski definition) is 4. The number of carbonyl (C=O) groups excluding carboxylic acids is 2. The average molecular weight is 385 g/mol. The van der Waals surface area contributed by atoms with Gasteiger partial charge in [0.25, 0.3) is 11.8 Å². The molecule has 0 aliphatic rings. The third-order valence-corrected chi connectivity index (χ3v) is 3.96. The quantitative estimate of drug-likeness (QED) is 0.503. The molecule has 0 bridgehead atoms. The van der Waals surface area contributed by atoms with Crippen molar-refractivity contribution >= 4 is 34.8 Å². The lowest BCUT2D eigenvalue weighted by molar-refractivity contribution is 0.0961. The molecule has 0 saturated heterocycles. The molecule has 3 N–H and O–H groups in total. The number of rotatable bonds is 7. The Hall–Kier alpha value is -2.93. The van der Waals surface area contributed by atoms with Crippen molar-refractivity contribution < 1.29 is 14.3 Å². The monoisotopic (exact) mass is 385 g/mol. The van der Waals surface area contributed by atoms with E-state index in [2.05, 4.69) is 22.9 Å². The van der Waals surface area contributed by atoms with Crippen molar-refractivity contribution in [2.45, 2.75) is 19.8 Å². The molecule has 2 amide bonds. The summed E-state index contributed by atoms with van der Waals surface area (Å²) in [5, 5.41) is 8.17. The molecule has 0 radical (unpaired) electrons. The molecular formula is C20H23N3O3S. The average Bonchev–Trinajstić information content (AvgIpc) is 2.68. The van der Waals surface area contributed by atoms with Crippen LogP contribution in [-0.2, 0) is 0 Å². The number of amides is 2. The molecule has 142 valence electrons. The number of para-hydroxylation sites is 1. The molecule has 0 aliphatic carbocycles. The molecule has 0 fully saturated rings. The fraction of sp³-hybridized carbons (Fsp3) is 0.250. The molecule has 27 heavy (non-hydrogen) atoms. The van der Waals surface area contributed by atoms with Crippen molar-refractivity contribution in [3.63, 3.8) is 0 Å². The smallest absolute Gasteiger partial charge is 0.257 e. The maximum Gasteiger partial charge on any atom is 0.257 e. The highest BCUT2D eigenvalue weighted by Gasteiger charge is 2.12. The first kappa shape index (κ1) is 20.4. The summed E-state index contributed by atoms with van der Waals surface area (Å²) < 4.78 is 5.58. The first-order chi connectivity index (χ1) is 13.0. The van der Waals surface area contributed by atoms with Crippen LogP contribution in [0.1, 0.15) is 40.5 Å². The van der Waals surface area contributed by atoms with Gasteiger partial charge in [0.1, 0.15) is 5.75 Å². The number of carbonyl (C=O) groups is 2. The zero-order valence-corrected chi connectivity index (χ0v) is 16.2. The number of anilines is 1. The SMILES string of the molecule is CCCCOc1ccc(C(=O)NC(=S)Nc2ccccc2C(=O)NC)cc1. The molecule has 0 saturated carbocycles. The van der Waals surface area contributed by atoms with Crippen LogP contribution in [0.25, 0.3) is 0 Å². The first-order valence-electron chi connectivity index (χ1n) is 8.71. The highest BCUT2D eigenvalue weighted by Crippen LogP contribution is 2.15. The third-order valence-electron chi connectivity index (χ3n) is 3.76. The molecule has 0 unspecified atom stereocenters. The van der Waals surface area contributed by atoms with Gasteiger partial charge in [0.15, 0.2) is 5.11 Å². The second-order valence-corrected chi connectivity index (χ2v) is 6.17. The van der Waals surface area contributed by atoms with E-state index < -0.39 is 0 Å². The summed E-state index contributed by atoms with van der Waals surface area (Å²) >= 11 is 5.19. The fourth-order valence-electron chi connectivity index (χ4n) is 2.29. The van der Waals surface area contributed by atoms with Gasteiger partial charge in [0.05, 0.1) is 17.9 Å². The fourth-order valence-corrected chi connectivity index (χ4v) is 2.49. The summed E-state index contributed by atoms with van der Waals surface area (Å²) in [5.41, 5.74) is 1.41. The maximum absolute atomic E-state index is 12.3. The van der Waals surface area contributed by atoms with Gasteiger partial charge >= 0.3 is 0 Å². The number of benzene rings is 2. The Labute approximate surface area is 164 Å². The highest BCUT2D eigenvalue weighted by molar-refractivity contribution is 7.80. The van der Waals surface area contributed by atoms with E-state index in [1.165, 1.54) is 0 Å². The van der Waals surface area contributed by atoms with Crippen LogP contribution < -0.4 is 20.7 Å². The molecular weight excluding hydrogens is 362 g/mol. The van der Waals surface area contributed by atoms with E-state index in [0.717, 1.165) is 18.6 Å². The Morgan fingerprint density at radius 3 is 2.41 bits per heavy atom. The molecule has 2 rings (SSSR count). The predicted octanol–water partition coefficient (Wildman–Crippen LogP) is 3.35. The Morgan fingerprint density at radius 2 is 1.74 bits per heavy atom. The van der Waals surface area contributed by atoms with E-state index in [4.69, 9.17) is 17.0 Å². The third kappa shape index (κ3) is 6.07. The molecule has 0 heterocycles. The van der Waals surface area contributed by atoms with Crippen LogP contribution in [0.3, 0.4) is 0 Å². The molecule has 6 nitrogen and oxygen atoms in total. The summed E-state index contributed by atoms with van der Waals surface area (Å²) in [6.45, 7) is 2.75. The summed E-state index contributed by atoms with van der Waals surface area (Å²) in [6, 6.07) is 13.8. The summed E-state index contributed by atoms with van der Waals surface area (Å²) in [4.78, 5) is 24.2. The maximum atomic E-state index is 12.3. The van der Waals surface area contributed by atoms with Crippen LogP contribution in [0, 0.1) is 0 Å². The van der Waals surface area contributed by atoms with Gasteiger partial charge in [-0.15, -0.1) is 0 Å². The van der Waals surface area contributed by atoms with E-state index >= 15 is 0 Å². The Bertz CT molecular complexity index is 806. The van der Waals surface area contributed by atoms with Crippen LogP contribution in [-0.4, -0.2) is 30.6 Å². The molecule has 7 heteroatoms. The zero-order chi connectivity index (χ0) is 19.6. The number of thiocarbonyl (C=S) groups is 1. The van der Waals surface area contributed by atoms with Crippen LogP contribution in [0.5, 0.6) is 5.75 Å². The van der Waals surface area contributed by atoms with Gasteiger partial charge in [-0.3, -0.25) is 14.9 Å². The van der Waals surface area contributed by atoms with Gasteiger partial charge in [-0.05, 0) is 55.0 Å². The second-order valence-electron chi connectivity index (χ2n) is 5.76. The van der Waals surface area contributed by atoms with Crippen LogP contribution in [0.15, 0.2) is 48.5 Å². The number of hydrogen-bond donors (Lipinski definition) is 3. The number of ether oxygens (including phenoxy) is 1. The van der Waals surface area contributed by atoms with E-state index in [-0.39, 0.29) is 16.9 Å². The minimum absolute atomic E-state index is 0.111. The first-order valence-corrected chi connectivity index (χ1v) is 9.12. The topological polar surface area (TPSA) is 79.5 Å². The molecule has 0 atom stereocenters. The second kappa shape index (κ2) is 10.3. The molecule has 2 aromatic rings. The minimum atomic E-state index is -0.343. The Balaban J connectivity index is 1.96. The van der Waals surface area contributed by atoms with Crippen molar-refractivity contribution in [2.24, 2.45) is 0 Å². The highest BCUT2D eigenvalue weighted by atomic mass is 32.1. The van der Waals surface area contributed by atoms with E-state index in [1.807, 2.05) is 0 Å². The van der Waals surface area contributed by atoms with Gasteiger partial charge < -0.3 is 15.4 Å². The van der Waals surface area contributed by atoms with Crippen molar-refractivity contribution in [2.75, 3.05) is 19.0 Å². The number of unbranched alkanes of at least 4 members (excludes halogenated alkanes) is 1. The summed E-state index contributed by atoms with van der Waals surface area (Å²) in [7, 11) is 1.55. The minimum Gasteiger partial charge on any atom is -0.494 e. The van der Waals surface area contributed by atoms with E-state index in [9.17, 15) is 9.59 Å². The lowest BCUT2D eigenvalue weighted by atomic mass is 10.1. The van der Waals surface area contributed by atoms with Crippen molar-refractivity contribution in [3.8, 4) is 5.75 Å². The standard InChI is InChI=1S/C20H23N3O3S/c1-3-4-13-26-15-11-9-14(10-12-15)18(24)23-20(27)22-17-8-6-5-7-16(17)19(25)21-2/h5-12H,3-4,13H2,1-2H3,(H,21,25)(H2,22,23,24,27). The van der Waals surface area contributed by atoms with Crippen LogP contribution in [0.4, 0.5) is 5.69 Å². The Kier molecular flexibility index (Phi) is 7.76. The van der Waals surface area contributed by atoms with Crippen molar-refractivity contribution in [1.82, 2.24) is 10.6 Å². The zero-order valence-electron chi connectivity index (χ0n) is 15.4. The number of nitrogens with one attached hydrogen (secondary N) is 3. The molecule has 2 aromatic carbocycles. The van der Waals surface area contributed by atoms with Gasteiger partial charge in [0, 0.05) is 12.6 Å².